The molecule has 1 saturated heterocycles. The molecular formula is C9H11N3O3S. The molecule has 0 spiro atoms. The number of aromatic amines is 2. The molecule has 7 heteroatoms. The highest BCUT2D eigenvalue weighted by Crippen LogP contribution is 2.22. The highest BCUT2D eigenvalue weighted by atomic mass is 32.1. The average Bonchev–Trinajstić information content (AvgIpc) is 2.58. The van der Waals surface area contributed by atoms with Crippen molar-refractivity contribution < 1.29 is 4.79 Å². The van der Waals surface area contributed by atoms with Crippen molar-refractivity contribution >= 4 is 24.4 Å². The molecule has 0 aliphatic carbocycles. The molecule has 1 atom stereocenters. The predicted molar refractivity (Wildman–Crippen MR) is 62.0 cm³/mol. The first-order valence-corrected chi connectivity index (χ1v) is 5.48. The van der Waals surface area contributed by atoms with Crippen LogP contribution in [-0.4, -0.2) is 28.2 Å². The Kier molecular flexibility index (Phi) is 2.86. The minimum Gasteiger partial charge on any atom is -0.298 e. The van der Waals surface area contributed by atoms with E-state index in [0.29, 0.717) is 18.7 Å². The van der Waals surface area contributed by atoms with Crippen LogP contribution in [0.3, 0.4) is 0 Å². The summed E-state index contributed by atoms with van der Waals surface area (Å²) in [5, 5.41) is 0. The van der Waals surface area contributed by atoms with Crippen molar-refractivity contribution in [3.05, 3.63) is 26.9 Å². The van der Waals surface area contributed by atoms with Crippen LogP contribution < -0.4 is 16.1 Å². The number of carbonyl (C=O) groups is 1. The summed E-state index contributed by atoms with van der Waals surface area (Å²) in [7, 11) is 0. The zero-order chi connectivity index (χ0) is 11.7. The maximum Gasteiger partial charge on any atom is 0.327 e. The predicted octanol–water partition coefficient (Wildman–Crippen LogP) is -0.654. The van der Waals surface area contributed by atoms with Crippen LogP contribution in [0, 0.1) is 5.92 Å². The molecular weight excluding hydrogens is 230 g/mol. The van der Waals surface area contributed by atoms with E-state index in [1.54, 1.807) is 0 Å². The number of hydrogen-bond acceptors (Lipinski definition) is 4. The van der Waals surface area contributed by atoms with Crippen LogP contribution >= 0.6 is 12.6 Å². The summed E-state index contributed by atoms with van der Waals surface area (Å²) in [4.78, 5) is 39.7. The zero-order valence-electron chi connectivity index (χ0n) is 8.40. The highest BCUT2D eigenvalue weighted by molar-refractivity contribution is 7.80. The fourth-order valence-electron chi connectivity index (χ4n) is 1.74. The van der Waals surface area contributed by atoms with E-state index in [1.165, 1.54) is 11.0 Å². The maximum atomic E-state index is 11.6. The fraction of sp³-hybridized carbons (Fsp3) is 0.444. The second-order valence-corrected chi connectivity index (χ2v) is 4.10. The Hall–Kier alpha value is -1.50. The largest absolute Gasteiger partial charge is 0.327 e. The van der Waals surface area contributed by atoms with Gasteiger partial charge in [0.2, 0.25) is 5.91 Å². The van der Waals surface area contributed by atoms with Gasteiger partial charge in [0.1, 0.15) is 5.82 Å². The first kappa shape index (κ1) is 11.0. The number of amides is 1. The second kappa shape index (κ2) is 4.17. The molecule has 2 heterocycles. The zero-order valence-corrected chi connectivity index (χ0v) is 9.29. The Labute approximate surface area is 96.1 Å². The number of carbonyl (C=O) groups excluding carboxylic acids is 1. The summed E-state index contributed by atoms with van der Waals surface area (Å²) in [6, 6.07) is 1.21. The summed E-state index contributed by atoms with van der Waals surface area (Å²) in [5.74, 6) is 0.928. The number of H-pyrrole nitrogens is 2. The molecule has 1 aliphatic rings. The third-order valence-corrected chi connectivity index (χ3v) is 3.02. The van der Waals surface area contributed by atoms with Gasteiger partial charge < -0.3 is 0 Å². The summed E-state index contributed by atoms with van der Waals surface area (Å²) in [5.41, 5.74) is -1.12. The summed E-state index contributed by atoms with van der Waals surface area (Å²) in [6.45, 7) is 0.488. The average molecular weight is 241 g/mol. The lowest BCUT2D eigenvalue weighted by Gasteiger charge is -2.14. The molecule has 1 amide bonds. The molecule has 6 nitrogen and oxygen atoms in total. The Balaban J connectivity index is 2.34. The van der Waals surface area contributed by atoms with Crippen molar-refractivity contribution in [1.29, 1.82) is 0 Å². The van der Waals surface area contributed by atoms with Gasteiger partial charge in [0.15, 0.2) is 0 Å². The van der Waals surface area contributed by atoms with Crippen LogP contribution in [0.2, 0.25) is 0 Å². The van der Waals surface area contributed by atoms with Crippen LogP contribution in [-0.2, 0) is 4.79 Å². The lowest BCUT2D eigenvalue weighted by molar-refractivity contribution is -0.117. The number of anilines is 1. The molecule has 2 N–H and O–H groups in total. The third-order valence-electron chi connectivity index (χ3n) is 2.50. The van der Waals surface area contributed by atoms with Gasteiger partial charge in [-0.2, -0.15) is 12.6 Å². The lowest BCUT2D eigenvalue weighted by Crippen LogP contribution is -2.31. The molecule has 1 unspecified atom stereocenters. The van der Waals surface area contributed by atoms with Gasteiger partial charge in [-0.15, -0.1) is 0 Å². The standard InChI is InChI=1S/C9H11N3O3S/c13-7-2-6(10-9(15)11-7)12-3-5(4-16)1-8(12)14/h2,5,16H,1,3-4H2,(H2,10,11,13,15). The molecule has 1 aliphatic heterocycles. The Morgan fingerprint density at radius 3 is 2.69 bits per heavy atom. The molecule has 0 aromatic carbocycles. The minimum atomic E-state index is -0.607. The molecule has 2 rings (SSSR count). The molecule has 0 radical (unpaired) electrons. The number of aromatic nitrogens is 2. The van der Waals surface area contributed by atoms with E-state index >= 15 is 0 Å². The SMILES string of the molecule is O=C1CC(CS)CN1c1cc(=O)[nH]c(=O)[nH]1. The van der Waals surface area contributed by atoms with Crippen molar-refractivity contribution in [1.82, 2.24) is 9.97 Å². The second-order valence-electron chi connectivity index (χ2n) is 3.73. The van der Waals surface area contributed by atoms with Gasteiger partial charge in [-0.25, -0.2) is 4.79 Å². The van der Waals surface area contributed by atoms with Gasteiger partial charge in [0.25, 0.3) is 5.56 Å². The number of rotatable bonds is 2. The fourth-order valence-corrected chi connectivity index (χ4v) is 1.98. The first-order chi connectivity index (χ1) is 7.60. The number of nitrogens with zero attached hydrogens (tertiary/aromatic N) is 1. The topological polar surface area (TPSA) is 86.0 Å². The van der Waals surface area contributed by atoms with E-state index in [2.05, 4.69) is 22.6 Å². The van der Waals surface area contributed by atoms with Crippen LogP contribution in [0.15, 0.2) is 15.7 Å². The Morgan fingerprint density at radius 1 is 1.38 bits per heavy atom. The molecule has 16 heavy (non-hydrogen) atoms. The maximum absolute atomic E-state index is 11.6. The van der Waals surface area contributed by atoms with E-state index in [1.807, 2.05) is 0 Å². The van der Waals surface area contributed by atoms with Crippen LogP contribution in [0.5, 0.6) is 0 Å². The normalized spacial score (nSPS) is 20.4. The number of hydrogen-bond donors (Lipinski definition) is 3. The van der Waals surface area contributed by atoms with Crippen LogP contribution in [0.4, 0.5) is 5.82 Å². The molecule has 1 fully saturated rings. The summed E-state index contributed by atoms with van der Waals surface area (Å²) >= 11 is 4.13. The van der Waals surface area contributed by atoms with Crippen molar-refractivity contribution in [2.75, 3.05) is 17.2 Å². The van der Waals surface area contributed by atoms with Crippen molar-refractivity contribution in [2.45, 2.75) is 6.42 Å². The molecule has 0 bridgehead atoms. The van der Waals surface area contributed by atoms with Gasteiger partial charge in [0.05, 0.1) is 0 Å². The Morgan fingerprint density at radius 2 is 2.12 bits per heavy atom. The van der Waals surface area contributed by atoms with Gasteiger partial charge in [0, 0.05) is 19.0 Å². The molecule has 0 saturated carbocycles. The Bertz CT molecular complexity index is 493. The van der Waals surface area contributed by atoms with Crippen LogP contribution in [0.25, 0.3) is 0 Å². The van der Waals surface area contributed by atoms with Gasteiger partial charge in [-0.1, -0.05) is 0 Å². The van der Waals surface area contributed by atoms with Crippen molar-refractivity contribution in [3.63, 3.8) is 0 Å². The van der Waals surface area contributed by atoms with Crippen molar-refractivity contribution in [2.24, 2.45) is 5.92 Å². The quantitative estimate of drug-likeness (QED) is 0.601. The van der Waals surface area contributed by atoms with E-state index in [9.17, 15) is 14.4 Å². The number of thiol groups is 1. The van der Waals surface area contributed by atoms with E-state index < -0.39 is 11.2 Å². The van der Waals surface area contributed by atoms with Gasteiger partial charge in [-0.3, -0.25) is 24.5 Å². The van der Waals surface area contributed by atoms with E-state index in [-0.39, 0.29) is 17.6 Å². The van der Waals surface area contributed by atoms with Gasteiger partial charge in [-0.05, 0) is 11.7 Å². The van der Waals surface area contributed by atoms with Gasteiger partial charge >= 0.3 is 5.69 Å². The van der Waals surface area contributed by atoms with Crippen molar-refractivity contribution in [3.8, 4) is 0 Å². The lowest BCUT2D eigenvalue weighted by atomic mass is 10.1. The summed E-state index contributed by atoms with van der Waals surface area (Å²) < 4.78 is 0. The van der Waals surface area contributed by atoms with E-state index in [4.69, 9.17) is 0 Å². The highest BCUT2D eigenvalue weighted by Gasteiger charge is 2.30. The molecule has 86 valence electrons. The number of nitrogens with one attached hydrogen (secondary N) is 2. The summed E-state index contributed by atoms with van der Waals surface area (Å²) in [6.07, 6.45) is 0.401. The smallest absolute Gasteiger partial charge is 0.298 e. The minimum absolute atomic E-state index is 0.0969. The van der Waals surface area contributed by atoms with E-state index in [0.717, 1.165) is 0 Å². The monoisotopic (exact) mass is 241 g/mol. The third kappa shape index (κ3) is 2.04. The molecule has 1 aromatic rings. The first-order valence-electron chi connectivity index (χ1n) is 4.85. The van der Waals surface area contributed by atoms with Crippen LogP contribution in [0.1, 0.15) is 6.42 Å². The molecule has 1 aromatic heterocycles.